The Bertz CT molecular complexity index is 966. The molecule has 0 spiro atoms. The lowest BCUT2D eigenvalue weighted by Crippen LogP contribution is -2.46. The molecule has 2 aliphatic rings. The monoisotopic (exact) mass is 421 g/mol. The van der Waals surface area contributed by atoms with Gasteiger partial charge >= 0.3 is 0 Å². The third-order valence-electron chi connectivity index (χ3n) is 5.51. The van der Waals surface area contributed by atoms with Crippen molar-refractivity contribution in [2.45, 2.75) is 27.7 Å². The number of hydrogen-bond acceptors (Lipinski definition) is 7. The van der Waals surface area contributed by atoms with Crippen molar-refractivity contribution in [3.05, 3.63) is 47.4 Å². The lowest BCUT2D eigenvalue weighted by molar-refractivity contribution is -0.108. The van der Waals surface area contributed by atoms with E-state index in [0.29, 0.717) is 12.1 Å². The van der Waals surface area contributed by atoms with Crippen molar-refractivity contribution >= 4 is 35.0 Å². The number of allylic oxidation sites excluding steroid dienone is 2. The van der Waals surface area contributed by atoms with Crippen molar-refractivity contribution in [1.82, 2.24) is 15.5 Å². The zero-order chi connectivity index (χ0) is 22.4. The number of nitrogens with one attached hydrogen (secondary N) is 3. The van der Waals surface area contributed by atoms with Gasteiger partial charge in [0.15, 0.2) is 5.84 Å². The van der Waals surface area contributed by atoms with E-state index in [1.165, 1.54) is 5.69 Å². The average Bonchev–Trinajstić information content (AvgIpc) is 2.76. The van der Waals surface area contributed by atoms with Crippen LogP contribution >= 0.6 is 0 Å². The summed E-state index contributed by atoms with van der Waals surface area (Å²) in [5.41, 5.74) is 5.33. The first-order chi connectivity index (χ1) is 14.9. The van der Waals surface area contributed by atoms with Gasteiger partial charge in [0.1, 0.15) is 0 Å². The quantitative estimate of drug-likeness (QED) is 0.374. The number of likely N-dealkylation sites (N-methyl/N-ethyl adjacent to an activating group) is 1. The van der Waals surface area contributed by atoms with Crippen LogP contribution in [0.2, 0.25) is 0 Å². The number of hydrogen-bond donors (Lipinski definition) is 3. The highest BCUT2D eigenvalue weighted by Gasteiger charge is 2.17. The number of aryl methyl sites for hydroxylation is 1. The van der Waals surface area contributed by atoms with Crippen LogP contribution in [0.15, 0.2) is 51.9 Å². The summed E-state index contributed by atoms with van der Waals surface area (Å²) in [6, 6.07) is 6.12. The van der Waals surface area contributed by atoms with Gasteiger partial charge in [-0.2, -0.15) is 0 Å². The van der Waals surface area contributed by atoms with Gasteiger partial charge in [0.05, 0.1) is 28.5 Å². The minimum atomic E-state index is 0.0938. The molecule has 3 rings (SSSR count). The summed E-state index contributed by atoms with van der Waals surface area (Å²) in [5.74, 6) is 0.191. The van der Waals surface area contributed by atoms with Crippen LogP contribution in [0.25, 0.3) is 0 Å². The topological polar surface area (TPSA) is 96.2 Å². The molecule has 1 saturated heterocycles. The Kier molecular flexibility index (Phi) is 7.36. The summed E-state index contributed by atoms with van der Waals surface area (Å²) in [7, 11) is 0. The zero-order valence-corrected chi connectivity index (χ0v) is 18.7. The standard InChI is InChI=1S/C23H31N7O/c1-5-29-8-10-30(11-9-29)19-6-7-21(16(2)12-19)28-23(26-15-31)20(24)13-22-18(4)27-17(3)14-25-22/h6-7,12-15,24-25H,5,8-11H2,1-4H3,(H,26,28,31)/b22-13-,24-20?. The van der Waals surface area contributed by atoms with Gasteiger partial charge in [0, 0.05) is 38.1 Å². The van der Waals surface area contributed by atoms with Gasteiger partial charge < -0.3 is 20.4 Å². The van der Waals surface area contributed by atoms with E-state index < -0.39 is 0 Å². The maximum absolute atomic E-state index is 11.1. The third-order valence-corrected chi connectivity index (χ3v) is 5.51. The number of carbonyl (C=O) groups excluding carboxylic acids is 1. The zero-order valence-electron chi connectivity index (χ0n) is 18.7. The van der Waals surface area contributed by atoms with Crippen molar-refractivity contribution in [2.75, 3.05) is 37.6 Å². The molecule has 0 atom stereocenters. The highest BCUT2D eigenvalue weighted by molar-refractivity contribution is 6.46. The van der Waals surface area contributed by atoms with Crippen molar-refractivity contribution in [3.63, 3.8) is 0 Å². The molecule has 8 heteroatoms. The molecule has 0 aliphatic carbocycles. The SMILES string of the molecule is CCN1CCN(c2ccc(/N=C(\NC=O)C(=N)/C=C3\NC=C(C)N=C3C)c(C)c2)CC1. The molecule has 31 heavy (non-hydrogen) atoms. The van der Waals surface area contributed by atoms with E-state index in [1.807, 2.05) is 26.8 Å². The minimum absolute atomic E-state index is 0.0938. The average molecular weight is 422 g/mol. The Labute approximate surface area is 184 Å². The Morgan fingerprint density at radius 1 is 1.26 bits per heavy atom. The van der Waals surface area contributed by atoms with E-state index in [2.05, 4.69) is 49.5 Å². The Hall–Kier alpha value is -3.26. The van der Waals surface area contributed by atoms with Crippen LogP contribution in [0.4, 0.5) is 11.4 Å². The summed E-state index contributed by atoms with van der Waals surface area (Å²) >= 11 is 0. The molecular formula is C23H31N7O. The number of rotatable bonds is 6. The van der Waals surface area contributed by atoms with Crippen LogP contribution in [-0.2, 0) is 4.79 Å². The first-order valence-corrected chi connectivity index (χ1v) is 10.6. The summed E-state index contributed by atoms with van der Waals surface area (Å²) in [4.78, 5) is 24.9. The van der Waals surface area contributed by atoms with Crippen LogP contribution in [0, 0.1) is 12.3 Å². The van der Waals surface area contributed by atoms with Gasteiger partial charge in [-0.05, 0) is 57.2 Å². The molecular weight excluding hydrogens is 390 g/mol. The van der Waals surface area contributed by atoms with Crippen LogP contribution in [0.5, 0.6) is 0 Å². The molecule has 1 aromatic rings. The molecule has 0 saturated carbocycles. The second-order valence-corrected chi connectivity index (χ2v) is 7.71. The predicted octanol–water partition coefficient (Wildman–Crippen LogP) is 2.74. The van der Waals surface area contributed by atoms with Gasteiger partial charge in [0.2, 0.25) is 6.41 Å². The minimum Gasteiger partial charge on any atom is -0.369 e. The van der Waals surface area contributed by atoms with Gasteiger partial charge in [-0.25, -0.2) is 4.99 Å². The summed E-state index contributed by atoms with van der Waals surface area (Å²) in [5, 5.41) is 14.1. The Balaban J connectivity index is 1.79. The van der Waals surface area contributed by atoms with E-state index in [4.69, 9.17) is 5.41 Å². The highest BCUT2D eigenvalue weighted by Crippen LogP contribution is 2.26. The molecule has 0 unspecified atom stereocenters. The molecule has 1 aromatic carbocycles. The van der Waals surface area contributed by atoms with E-state index >= 15 is 0 Å². The van der Waals surface area contributed by atoms with Crippen molar-refractivity contribution in [3.8, 4) is 0 Å². The second-order valence-electron chi connectivity index (χ2n) is 7.71. The normalized spacial score (nSPS) is 18.9. The Morgan fingerprint density at radius 2 is 2.00 bits per heavy atom. The van der Waals surface area contributed by atoms with Crippen molar-refractivity contribution in [1.29, 1.82) is 5.41 Å². The van der Waals surface area contributed by atoms with Crippen LogP contribution in [0.1, 0.15) is 26.3 Å². The van der Waals surface area contributed by atoms with E-state index in [-0.39, 0.29) is 11.5 Å². The van der Waals surface area contributed by atoms with Gasteiger partial charge in [-0.15, -0.1) is 0 Å². The number of nitrogens with zero attached hydrogens (tertiary/aromatic N) is 4. The summed E-state index contributed by atoms with van der Waals surface area (Å²) in [6.45, 7) is 13.2. The molecule has 2 aliphatic heterocycles. The van der Waals surface area contributed by atoms with Gasteiger partial charge in [-0.1, -0.05) is 6.92 Å². The highest BCUT2D eigenvalue weighted by atomic mass is 16.1. The Morgan fingerprint density at radius 3 is 2.61 bits per heavy atom. The summed E-state index contributed by atoms with van der Waals surface area (Å²) < 4.78 is 0. The number of amidine groups is 1. The third kappa shape index (κ3) is 5.67. The molecule has 1 fully saturated rings. The first kappa shape index (κ1) is 22.4. The van der Waals surface area contributed by atoms with Crippen LogP contribution < -0.4 is 15.5 Å². The fraction of sp³-hybridized carbons (Fsp3) is 0.391. The summed E-state index contributed by atoms with van der Waals surface area (Å²) in [6.07, 6.45) is 3.94. The molecule has 8 nitrogen and oxygen atoms in total. The lowest BCUT2D eigenvalue weighted by Gasteiger charge is -2.35. The van der Waals surface area contributed by atoms with E-state index in [0.717, 1.165) is 55.4 Å². The molecule has 0 radical (unpaired) electrons. The van der Waals surface area contributed by atoms with Gasteiger partial charge in [-0.3, -0.25) is 15.2 Å². The number of aliphatic imine (C=N–C) groups is 2. The molecule has 1 amide bonds. The van der Waals surface area contributed by atoms with Crippen LogP contribution in [0.3, 0.4) is 0 Å². The number of benzene rings is 1. The predicted molar refractivity (Wildman–Crippen MR) is 128 cm³/mol. The number of piperazine rings is 1. The van der Waals surface area contributed by atoms with Crippen molar-refractivity contribution < 1.29 is 4.79 Å². The smallest absolute Gasteiger partial charge is 0.212 e. The van der Waals surface area contributed by atoms with E-state index in [9.17, 15) is 4.79 Å². The molecule has 164 valence electrons. The lowest BCUT2D eigenvalue weighted by atomic mass is 10.1. The molecule has 3 N–H and O–H groups in total. The molecule has 2 heterocycles. The molecule has 0 aromatic heterocycles. The largest absolute Gasteiger partial charge is 0.369 e. The maximum Gasteiger partial charge on any atom is 0.212 e. The van der Waals surface area contributed by atoms with E-state index in [1.54, 1.807) is 12.3 Å². The van der Waals surface area contributed by atoms with Crippen LogP contribution in [-0.4, -0.2) is 61.3 Å². The fourth-order valence-electron chi connectivity index (χ4n) is 3.63. The molecule has 0 bridgehead atoms. The fourth-order valence-corrected chi connectivity index (χ4v) is 3.63. The van der Waals surface area contributed by atoms with Crippen molar-refractivity contribution in [2.24, 2.45) is 9.98 Å². The van der Waals surface area contributed by atoms with Gasteiger partial charge in [0.25, 0.3) is 0 Å². The number of carbonyl (C=O) groups is 1. The number of amides is 1. The second kappa shape index (κ2) is 10.2. The number of anilines is 1. The maximum atomic E-state index is 11.1. The first-order valence-electron chi connectivity index (χ1n) is 10.6.